The van der Waals surface area contributed by atoms with Gasteiger partial charge in [-0.2, -0.15) is 0 Å². The van der Waals surface area contributed by atoms with Crippen molar-refractivity contribution in [1.82, 2.24) is 0 Å². The molecule has 0 fully saturated rings. The average molecular weight is 318 g/mol. The Morgan fingerprint density at radius 3 is 2.26 bits per heavy atom. The Hall–Kier alpha value is -2.89. The van der Waals surface area contributed by atoms with Gasteiger partial charge in [-0.25, -0.2) is 14.0 Å². The molecule has 0 N–H and O–H groups in total. The van der Waals surface area contributed by atoms with Crippen molar-refractivity contribution in [2.24, 2.45) is 0 Å². The van der Waals surface area contributed by atoms with Gasteiger partial charge in [0.15, 0.2) is 0 Å². The van der Waals surface area contributed by atoms with Crippen molar-refractivity contribution >= 4 is 11.9 Å². The summed E-state index contributed by atoms with van der Waals surface area (Å²) in [5, 5.41) is 0. The predicted octanol–water partition coefficient (Wildman–Crippen LogP) is 2.98. The van der Waals surface area contributed by atoms with E-state index in [1.54, 1.807) is 12.1 Å². The Morgan fingerprint density at radius 2 is 1.65 bits per heavy atom. The number of hydrogen-bond donors (Lipinski definition) is 0. The highest BCUT2D eigenvalue weighted by molar-refractivity contribution is 6.03. The molecule has 0 saturated heterocycles. The highest BCUT2D eigenvalue weighted by Crippen LogP contribution is 2.21. The number of rotatable bonds is 5. The molecule has 0 aliphatic carbocycles. The van der Waals surface area contributed by atoms with E-state index in [1.807, 2.05) is 0 Å². The van der Waals surface area contributed by atoms with Crippen molar-refractivity contribution in [3.05, 3.63) is 65.0 Å². The van der Waals surface area contributed by atoms with E-state index in [4.69, 9.17) is 9.47 Å². The van der Waals surface area contributed by atoms with Gasteiger partial charge in [0.2, 0.25) is 0 Å². The highest BCUT2D eigenvalue weighted by Gasteiger charge is 2.18. The first-order chi connectivity index (χ1) is 11.1. The molecule has 0 saturated carbocycles. The summed E-state index contributed by atoms with van der Waals surface area (Å²) in [6.45, 7) is -0.185. The zero-order valence-electron chi connectivity index (χ0n) is 12.7. The Bertz CT molecular complexity index is 727. The molecule has 5 nitrogen and oxygen atoms in total. The number of halogens is 1. The average Bonchev–Trinajstić information content (AvgIpc) is 2.59. The molecule has 0 aliphatic heterocycles. The fraction of sp³-hybridized carbons (Fsp3) is 0.176. The highest BCUT2D eigenvalue weighted by atomic mass is 19.1. The molecule has 0 aliphatic rings. The van der Waals surface area contributed by atoms with Crippen LogP contribution >= 0.6 is 0 Å². The van der Waals surface area contributed by atoms with E-state index in [9.17, 15) is 14.0 Å². The molecule has 0 spiro atoms. The Balaban J connectivity index is 2.18. The lowest BCUT2D eigenvalue weighted by Crippen LogP contribution is -2.13. The second-order valence-electron chi connectivity index (χ2n) is 4.57. The quantitative estimate of drug-likeness (QED) is 0.793. The largest absolute Gasteiger partial charge is 0.496 e. The summed E-state index contributed by atoms with van der Waals surface area (Å²) >= 11 is 0. The van der Waals surface area contributed by atoms with E-state index >= 15 is 0 Å². The maximum absolute atomic E-state index is 13.3. The maximum Gasteiger partial charge on any atom is 0.339 e. The van der Waals surface area contributed by atoms with Crippen LogP contribution in [0.2, 0.25) is 0 Å². The fourth-order valence-corrected chi connectivity index (χ4v) is 2.03. The Kier molecular flexibility index (Phi) is 5.30. The summed E-state index contributed by atoms with van der Waals surface area (Å²) in [7, 11) is 2.66. The Morgan fingerprint density at radius 1 is 1.00 bits per heavy atom. The van der Waals surface area contributed by atoms with E-state index in [0.29, 0.717) is 11.3 Å². The van der Waals surface area contributed by atoms with Gasteiger partial charge in [0, 0.05) is 5.56 Å². The van der Waals surface area contributed by atoms with Crippen LogP contribution in [0.15, 0.2) is 42.5 Å². The molecule has 0 amide bonds. The molecule has 2 aromatic carbocycles. The van der Waals surface area contributed by atoms with E-state index in [1.165, 1.54) is 44.6 Å². The van der Waals surface area contributed by atoms with Crippen LogP contribution < -0.4 is 4.74 Å². The third-order valence-corrected chi connectivity index (χ3v) is 3.15. The zero-order chi connectivity index (χ0) is 16.8. The maximum atomic E-state index is 13.3. The lowest BCUT2D eigenvalue weighted by atomic mass is 10.1. The van der Waals surface area contributed by atoms with Crippen LogP contribution in [0.25, 0.3) is 0 Å². The van der Waals surface area contributed by atoms with Crippen LogP contribution in [-0.2, 0) is 16.1 Å². The predicted molar refractivity (Wildman–Crippen MR) is 79.9 cm³/mol. The van der Waals surface area contributed by atoms with E-state index < -0.39 is 17.8 Å². The number of esters is 2. The van der Waals surface area contributed by atoms with Crippen molar-refractivity contribution in [2.45, 2.75) is 6.61 Å². The molecule has 2 rings (SSSR count). The van der Waals surface area contributed by atoms with Gasteiger partial charge in [-0.3, -0.25) is 0 Å². The summed E-state index contributed by atoms with van der Waals surface area (Å²) in [6, 6.07) is 10.0. The van der Waals surface area contributed by atoms with Crippen LogP contribution in [0.4, 0.5) is 4.39 Å². The molecule has 6 heteroatoms. The van der Waals surface area contributed by atoms with Gasteiger partial charge in [0.25, 0.3) is 0 Å². The number of ether oxygens (including phenoxy) is 3. The molecule has 2 aromatic rings. The van der Waals surface area contributed by atoms with Gasteiger partial charge < -0.3 is 14.2 Å². The standard InChI is InChI=1S/C17H15FO5/c1-21-15-8-7-12(18)9-11(15)10-23-17(20)14-6-4-3-5-13(14)16(19)22-2/h3-9H,10H2,1-2H3. The van der Waals surface area contributed by atoms with Crippen LogP contribution in [0.1, 0.15) is 26.3 Å². The molecule has 23 heavy (non-hydrogen) atoms. The van der Waals surface area contributed by atoms with Crippen LogP contribution in [0, 0.1) is 5.82 Å². The van der Waals surface area contributed by atoms with Crippen LogP contribution in [0.3, 0.4) is 0 Å². The summed E-state index contributed by atoms with van der Waals surface area (Å²) in [6.07, 6.45) is 0. The minimum Gasteiger partial charge on any atom is -0.496 e. The first-order valence-electron chi connectivity index (χ1n) is 6.73. The van der Waals surface area contributed by atoms with E-state index in [2.05, 4.69) is 4.74 Å². The van der Waals surface area contributed by atoms with Crippen molar-refractivity contribution in [3.8, 4) is 5.75 Å². The number of carbonyl (C=O) groups is 2. The topological polar surface area (TPSA) is 61.8 Å². The SMILES string of the molecule is COC(=O)c1ccccc1C(=O)OCc1cc(F)ccc1OC. The van der Waals surface area contributed by atoms with Crippen molar-refractivity contribution < 1.29 is 28.2 Å². The van der Waals surface area contributed by atoms with Crippen molar-refractivity contribution in [3.63, 3.8) is 0 Å². The third kappa shape index (κ3) is 3.85. The minimum atomic E-state index is -0.711. The molecule has 0 heterocycles. The number of benzene rings is 2. The van der Waals surface area contributed by atoms with Gasteiger partial charge in [0.1, 0.15) is 18.2 Å². The van der Waals surface area contributed by atoms with Gasteiger partial charge in [-0.15, -0.1) is 0 Å². The second kappa shape index (κ2) is 7.40. The molecular weight excluding hydrogens is 303 g/mol. The van der Waals surface area contributed by atoms with E-state index in [0.717, 1.165) is 0 Å². The first kappa shape index (κ1) is 16.5. The molecule has 0 radical (unpaired) electrons. The van der Waals surface area contributed by atoms with E-state index in [-0.39, 0.29) is 17.7 Å². The molecule has 0 unspecified atom stereocenters. The lowest BCUT2D eigenvalue weighted by molar-refractivity contribution is 0.0455. The molecule has 0 atom stereocenters. The number of hydrogen-bond acceptors (Lipinski definition) is 5. The molecule has 0 aromatic heterocycles. The monoisotopic (exact) mass is 318 g/mol. The normalized spacial score (nSPS) is 10.0. The van der Waals surface area contributed by atoms with Gasteiger partial charge in [-0.1, -0.05) is 12.1 Å². The zero-order valence-corrected chi connectivity index (χ0v) is 12.7. The van der Waals surface area contributed by atoms with Crippen LogP contribution in [0.5, 0.6) is 5.75 Å². The lowest BCUT2D eigenvalue weighted by Gasteiger charge is -2.11. The van der Waals surface area contributed by atoms with Gasteiger partial charge in [-0.05, 0) is 30.3 Å². The first-order valence-corrected chi connectivity index (χ1v) is 6.73. The van der Waals surface area contributed by atoms with Crippen molar-refractivity contribution in [2.75, 3.05) is 14.2 Å². The Labute approximate surface area is 132 Å². The summed E-state index contributed by atoms with van der Waals surface area (Å²) in [5.41, 5.74) is 0.567. The molecular formula is C17H15FO5. The smallest absolute Gasteiger partial charge is 0.339 e. The summed E-state index contributed by atoms with van der Waals surface area (Å²) in [4.78, 5) is 23.8. The summed E-state index contributed by atoms with van der Waals surface area (Å²) < 4.78 is 28.2. The summed E-state index contributed by atoms with van der Waals surface area (Å²) in [5.74, 6) is -1.41. The third-order valence-electron chi connectivity index (χ3n) is 3.15. The minimum absolute atomic E-state index is 0.0784. The van der Waals surface area contributed by atoms with Crippen LogP contribution in [-0.4, -0.2) is 26.2 Å². The van der Waals surface area contributed by atoms with Crippen molar-refractivity contribution in [1.29, 1.82) is 0 Å². The second-order valence-corrected chi connectivity index (χ2v) is 4.57. The number of methoxy groups -OCH3 is 2. The van der Waals surface area contributed by atoms with Gasteiger partial charge in [0.05, 0.1) is 25.3 Å². The van der Waals surface area contributed by atoms with Gasteiger partial charge >= 0.3 is 11.9 Å². The number of carbonyl (C=O) groups excluding carboxylic acids is 2. The fourth-order valence-electron chi connectivity index (χ4n) is 2.03. The molecule has 0 bridgehead atoms. The molecule has 120 valence electrons.